The number of fused-ring (bicyclic) bond motifs is 11. The number of allylic oxidation sites excluding steroid dienone is 1. The molecule has 15 atom stereocenters. The fourth-order valence-corrected chi connectivity index (χ4v) is 18.0. The summed E-state index contributed by atoms with van der Waals surface area (Å²) >= 11 is 0. The Kier molecular flexibility index (Phi) is 14.3. The highest BCUT2D eigenvalue weighted by Crippen LogP contribution is 2.60. The van der Waals surface area contributed by atoms with Gasteiger partial charge in [0.25, 0.3) is 10.1 Å². The second-order valence-electron chi connectivity index (χ2n) is 25.4. The van der Waals surface area contributed by atoms with E-state index in [4.69, 9.17) is 25.9 Å². The molecule has 10 bridgehead atoms. The summed E-state index contributed by atoms with van der Waals surface area (Å²) < 4.78 is 55.7. The van der Waals surface area contributed by atoms with Gasteiger partial charge in [-0.25, -0.2) is 4.99 Å². The van der Waals surface area contributed by atoms with Gasteiger partial charge in [0.2, 0.25) is 5.72 Å². The van der Waals surface area contributed by atoms with E-state index in [0.717, 1.165) is 75.4 Å². The number of nitrogens with two attached hydrogens (primary N) is 2. The van der Waals surface area contributed by atoms with Crippen LogP contribution in [0.3, 0.4) is 0 Å². The Morgan fingerprint density at radius 3 is 2.35 bits per heavy atom. The summed E-state index contributed by atoms with van der Waals surface area (Å²) in [5.41, 5.74) is 18.8. The van der Waals surface area contributed by atoms with Gasteiger partial charge in [0.15, 0.2) is 5.96 Å². The number of aryl methyl sites for hydroxylation is 1. The molecule has 15 rings (SSSR count). The van der Waals surface area contributed by atoms with Gasteiger partial charge in [-0.3, -0.25) is 4.55 Å². The number of aliphatic hydroxyl groups is 2. The minimum absolute atomic E-state index is 0.00937. The Morgan fingerprint density at radius 1 is 0.805 bits per heavy atom. The molecule has 2 saturated carbocycles. The SMILES string of the molecule is CC1CCc2cc3ccc2C1CC(S(=O)(=O)O)C1C=C2CC(CC4CC(CO)CC#Cc5cc(O)ccc5C2O4)C1c1ccc(cc1)C(N=C(N)N)(C1CCC2CCC(c4ccc5ccc(O)cc5c4)CC2(O)C1Cc1ccccc1)O3. The molecule has 426 valence electrons. The van der Waals surface area contributed by atoms with Crippen molar-refractivity contribution in [1.82, 2.24) is 0 Å². The number of hydrogen-bond acceptors (Lipinski definition) is 9. The van der Waals surface area contributed by atoms with Gasteiger partial charge < -0.3 is 41.4 Å². The zero-order valence-corrected chi connectivity index (χ0v) is 47.3. The molecule has 6 aromatic rings. The lowest BCUT2D eigenvalue weighted by atomic mass is 9.53. The maximum atomic E-state index is 14.5. The Labute approximate surface area is 481 Å². The summed E-state index contributed by atoms with van der Waals surface area (Å²) in [7, 11) is -4.71. The maximum Gasteiger partial charge on any atom is 0.268 e. The van der Waals surface area contributed by atoms with Crippen LogP contribution in [-0.2, 0) is 33.4 Å². The molecule has 0 amide bonds. The highest BCUT2D eigenvalue weighted by atomic mass is 32.2. The van der Waals surface area contributed by atoms with E-state index in [1.54, 1.807) is 24.3 Å². The predicted octanol–water partition coefficient (Wildman–Crippen LogP) is 11.6. The van der Waals surface area contributed by atoms with Crippen molar-refractivity contribution in [2.75, 3.05) is 6.61 Å². The van der Waals surface area contributed by atoms with Crippen LogP contribution in [0.15, 0.2) is 144 Å². The summed E-state index contributed by atoms with van der Waals surface area (Å²) in [6, 6.07) is 41.7. The Morgan fingerprint density at radius 2 is 1.56 bits per heavy atom. The van der Waals surface area contributed by atoms with Crippen molar-refractivity contribution < 1.29 is 42.9 Å². The number of aliphatic hydroxyl groups excluding tert-OH is 1. The molecule has 9 aliphatic rings. The predicted molar refractivity (Wildman–Crippen MR) is 318 cm³/mol. The first-order valence-corrected chi connectivity index (χ1v) is 31.3. The zero-order chi connectivity index (χ0) is 56.7. The molecular formula is C69H75N3O9S. The van der Waals surface area contributed by atoms with Crippen molar-refractivity contribution in [3.8, 4) is 29.1 Å². The van der Waals surface area contributed by atoms with Gasteiger partial charge in [-0.05, 0) is 199 Å². The van der Waals surface area contributed by atoms with Crippen molar-refractivity contribution in [3.63, 3.8) is 0 Å². The minimum Gasteiger partial charge on any atom is -0.508 e. The van der Waals surface area contributed by atoms with Crippen LogP contribution < -0.4 is 16.2 Å². The van der Waals surface area contributed by atoms with E-state index in [0.29, 0.717) is 68.2 Å². The number of phenolic OH excluding ortho intramolecular Hbond substituents is 2. The van der Waals surface area contributed by atoms with Gasteiger partial charge in [-0.15, -0.1) is 0 Å². The number of hydrogen-bond donors (Lipinski definition) is 7. The molecule has 13 heteroatoms. The van der Waals surface area contributed by atoms with Crippen LogP contribution in [-0.4, -0.2) is 62.9 Å². The van der Waals surface area contributed by atoms with E-state index in [1.165, 1.54) is 0 Å². The van der Waals surface area contributed by atoms with Crippen LogP contribution in [0, 0.1) is 53.3 Å². The average molecular weight is 1120 g/mol. The molecule has 9 N–H and O–H groups in total. The molecule has 0 aromatic heterocycles. The highest BCUT2D eigenvalue weighted by Gasteiger charge is 2.60. The standard InChI is InChI=1S/C69H75N3O9S/c1-40-10-11-47-34-56-24-26-58(47)60(40)37-64(82(77,78)79)61-36-51-31-50(35-57-28-42(39-73)8-5-9-46-32-55(75)23-25-59(46)66(51)80-57)65(61)44-14-19-53(20-15-44)69(81-56,72-67(70)71)62-27-21-52-18-16-48(45-13-12-43-17-22-54(74)33-49(43)30-45)38-68(52,76)63(62)29-41-6-3-2-4-7-41/h2-4,6-7,12-15,17,19-20,22-26,30,32-34,36,40,42,48,50,52,57,60-66,73-76H,8,10-11,16,18,21,27-29,31,35,37-39H2,1H3,(H4,70,71,72)(H,77,78,79). The van der Waals surface area contributed by atoms with Gasteiger partial charge in [0.05, 0.1) is 17.0 Å². The molecule has 12 nitrogen and oxygen atoms in total. The van der Waals surface area contributed by atoms with Crippen molar-refractivity contribution >= 4 is 26.9 Å². The van der Waals surface area contributed by atoms with Gasteiger partial charge in [0, 0.05) is 47.5 Å². The summed E-state index contributed by atoms with van der Waals surface area (Å²) in [6.45, 7) is 2.10. The lowest BCUT2D eigenvalue weighted by molar-refractivity contribution is -0.177. The van der Waals surface area contributed by atoms with Crippen LogP contribution >= 0.6 is 0 Å². The van der Waals surface area contributed by atoms with Gasteiger partial charge >= 0.3 is 0 Å². The Bertz CT molecular complexity index is 3650. The van der Waals surface area contributed by atoms with E-state index in [9.17, 15) is 33.4 Å². The first-order chi connectivity index (χ1) is 39.5. The van der Waals surface area contributed by atoms with Crippen molar-refractivity contribution in [1.29, 1.82) is 0 Å². The Hall–Kier alpha value is -6.66. The summed E-state index contributed by atoms with van der Waals surface area (Å²) in [5.74, 6) is 4.80. The number of phenols is 2. The molecule has 5 aliphatic heterocycles. The lowest BCUT2D eigenvalue weighted by Gasteiger charge is -2.57. The monoisotopic (exact) mass is 1120 g/mol. The molecule has 3 fully saturated rings. The largest absolute Gasteiger partial charge is 0.508 e. The van der Waals surface area contributed by atoms with E-state index in [2.05, 4.69) is 79.4 Å². The van der Waals surface area contributed by atoms with Crippen molar-refractivity contribution in [2.45, 2.75) is 137 Å². The Balaban J connectivity index is 0.992. The van der Waals surface area contributed by atoms with Gasteiger partial charge in [-0.1, -0.05) is 116 Å². The second-order valence-corrected chi connectivity index (χ2v) is 27.0. The van der Waals surface area contributed by atoms with E-state index >= 15 is 0 Å². The smallest absolute Gasteiger partial charge is 0.268 e. The van der Waals surface area contributed by atoms with E-state index in [-0.39, 0.29) is 72.1 Å². The molecule has 6 aromatic carbocycles. The third kappa shape index (κ3) is 10.1. The van der Waals surface area contributed by atoms with E-state index < -0.39 is 56.5 Å². The molecule has 5 heterocycles. The third-order valence-electron chi connectivity index (χ3n) is 20.7. The quantitative estimate of drug-likeness (QED) is 0.0262. The van der Waals surface area contributed by atoms with Crippen LogP contribution in [0.2, 0.25) is 0 Å². The molecule has 15 unspecified atom stereocenters. The van der Waals surface area contributed by atoms with Gasteiger partial charge in [0.1, 0.15) is 23.4 Å². The van der Waals surface area contributed by atoms with Crippen LogP contribution in [0.25, 0.3) is 10.8 Å². The minimum atomic E-state index is -4.71. The van der Waals surface area contributed by atoms with Crippen LogP contribution in [0.4, 0.5) is 0 Å². The first kappa shape index (κ1) is 54.6. The second kappa shape index (κ2) is 21.5. The topological polar surface area (TPSA) is 218 Å². The molecule has 82 heavy (non-hydrogen) atoms. The zero-order valence-electron chi connectivity index (χ0n) is 46.5. The number of benzene rings is 6. The third-order valence-corrected chi connectivity index (χ3v) is 22.0. The molecule has 0 radical (unpaired) electrons. The molecular weight excluding hydrogens is 1050 g/mol. The van der Waals surface area contributed by atoms with Crippen LogP contribution in [0.1, 0.15) is 146 Å². The van der Waals surface area contributed by atoms with Crippen molar-refractivity contribution in [3.05, 3.63) is 184 Å². The van der Waals surface area contributed by atoms with Crippen LogP contribution in [0.5, 0.6) is 17.2 Å². The summed E-state index contributed by atoms with van der Waals surface area (Å²) in [4.78, 5) is 5.33. The van der Waals surface area contributed by atoms with E-state index in [1.807, 2.05) is 48.5 Å². The molecule has 1 saturated heterocycles. The normalized spacial score (nSPS) is 33.0. The maximum absolute atomic E-state index is 14.5. The summed E-state index contributed by atoms with van der Waals surface area (Å²) in [5, 5.41) is 46.8. The molecule has 4 aliphatic carbocycles. The number of aromatic hydroxyl groups is 2. The first-order valence-electron chi connectivity index (χ1n) is 29.8. The average Bonchev–Trinajstić information content (AvgIpc) is 3.56. The molecule has 0 spiro atoms. The number of rotatable bonds is 7. The lowest BCUT2D eigenvalue weighted by Crippen LogP contribution is -2.60. The summed E-state index contributed by atoms with van der Waals surface area (Å²) in [6.07, 6.45) is 9.10. The number of guanidine groups is 1. The fraction of sp³-hybridized carbons (Fsp3) is 0.435. The number of nitrogens with zero attached hydrogens (tertiary/aromatic N) is 1. The van der Waals surface area contributed by atoms with Gasteiger partial charge in [-0.2, -0.15) is 8.42 Å². The van der Waals surface area contributed by atoms with Crippen molar-refractivity contribution in [2.24, 2.45) is 57.9 Å². The number of aliphatic imine (C=N–C) groups is 1. The highest BCUT2D eigenvalue weighted by molar-refractivity contribution is 7.86. The fourth-order valence-electron chi connectivity index (χ4n) is 16.9. The number of ether oxygens (including phenoxy) is 2.